The Balaban J connectivity index is 2.32. The fraction of sp³-hybridized carbons (Fsp3) is 0.462. The van der Waals surface area contributed by atoms with Crippen molar-refractivity contribution in [3.05, 3.63) is 23.5 Å². The van der Waals surface area contributed by atoms with Crippen molar-refractivity contribution >= 4 is 25.6 Å². The third-order valence-corrected chi connectivity index (χ3v) is 4.77. The smallest absolute Gasteiger partial charge is 0.265 e. The summed E-state index contributed by atoms with van der Waals surface area (Å²) in [6, 6.07) is 1.98. The van der Waals surface area contributed by atoms with Crippen LogP contribution < -0.4 is 10.1 Å². The molecule has 0 saturated heterocycles. The van der Waals surface area contributed by atoms with Gasteiger partial charge in [0.25, 0.3) is 15.0 Å². The van der Waals surface area contributed by atoms with Gasteiger partial charge in [-0.25, -0.2) is 12.8 Å². The minimum Gasteiger partial charge on any atom is -0.492 e. The summed E-state index contributed by atoms with van der Waals surface area (Å²) in [7, 11) is 2.15. The van der Waals surface area contributed by atoms with Gasteiger partial charge < -0.3 is 10.1 Å². The zero-order chi connectivity index (χ0) is 15.8. The van der Waals surface area contributed by atoms with Crippen molar-refractivity contribution in [1.82, 2.24) is 5.32 Å². The summed E-state index contributed by atoms with van der Waals surface area (Å²) in [5.41, 5.74) is -0.105. The summed E-state index contributed by atoms with van der Waals surface area (Å²) < 4.78 is 41.5. The van der Waals surface area contributed by atoms with Gasteiger partial charge >= 0.3 is 0 Å². The van der Waals surface area contributed by atoms with Crippen molar-refractivity contribution in [3.63, 3.8) is 0 Å². The van der Waals surface area contributed by atoms with Crippen molar-refractivity contribution in [3.8, 4) is 5.75 Å². The second kappa shape index (κ2) is 5.81. The van der Waals surface area contributed by atoms with Crippen LogP contribution in [0.2, 0.25) is 0 Å². The molecule has 21 heavy (non-hydrogen) atoms. The van der Waals surface area contributed by atoms with E-state index in [-0.39, 0.29) is 11.6 Å². The van der Waals surface area contributed by atoms with E-state index >= 15 is 0 Å². The van der Waals surface area contributed by atoms with Gasteiger partial charge in [-0.15, -0.1) is 0 Å². The van der Waals surface area contributed by atoms with Gasteiger partial charge in [-0.2, -0.15) is 0 Å². The molecule has 1 saturated carbocycles. The van der Waals surface area contributed by atoms with E-state index in [2.05, 4.69) is 12.2 Å². The summed E-state index contributed by atoms with van der Waals surface area (Å²) in [5.74, 6) is -1.44. The topological polar surface area (TPSA) is 72.5 Å². The number of rotatable bonds is 4. The summed E-state index contributed by atoms with van der Waals surface area (Å²) in [6.45, 7) is 2.06. The van der Waals surface area contributed by atoms with Crippen LogP contribution in [0.15, 0.2) is 17.0 Å². The SMILES string of the molecule is COc1c(F)cc(C(=O)NC2CC(C)C2)cc1S(=O)(=O)Cl. The van der Waals surface area contributed by atoms with Gasteiger partial charge in [0, 0.05) is 22.3 Å². The van der Waals surface area contributed by atoms with Crippen LogP contribution in [-0.2, 0) is 9.05 Å². The Hall–Kier alpha value is -1.34. The van der Waals surface area contributed by atoms with E-state index in [9.17, 15) is 17.6 Å². The molecule has 0 aliphatic heterocycles. The molecule has 1 aliphatic carbocycles. The lowest BCUT2D eigenvalue weighted by Gasteiger charge is -2.33. The summed E-state index contributed by atoms with van der Waals surface area (Å²) in [4.78, 5) is 11.5. The monoisotopic (exact) mass is 335 g/mol. The summed E-state index contributed by atoms with van der Waals surface area (Å²) >= 11 is 0. The van der Waals surface area contributed by atoms with Gasteiger partial charge in [-0.05, 0) is 30.9 Å². The van der Waals surface area contributed by atoms with Crippen LogP contribution >= 0.6 is 10.7 Å². The van der Waals surface area contributed by atoms with Gasteiger partial charge in [-0.1, -0.05) is 6.92 Å². The van der Waals surface area contributed by atoms with Crippen LogP contribution in [-0.4, -0.2) is 27.5 Å². The Morgan fingerprint density at radius 1 is 1.43 bits per heavy atom. The number of ether oxygens (including phenoxy) is 1. The Morgan fingerprint density at radius 3 is 2.52 bits per heavy atom. The molecule has 1 aromatic carbocycles. The van der Waals surface area contributed by atoms with Crippen molar-refractivity contribution in [2.24, 2.45) is 5.92 Å². The minimum absolute atomic E-state index is 0.0359. The van der Waals surface area contributed by atoms with Gasteiger partial charge in [0.1, 0.15) is 4.90 Å². The highest BCUT2D eigenvalue weighted by Crippen LogP contribution is 2.31. The van der Waals surface area contributed by atoms with Crippen molar-refractivity contribution in [2.75, 3.05) is 7.11 Å². The molecule has 5 nitrogen and oxygen atoms in total. The van der Waals surface area contributed by atoms with Crippen molar-refractivity contribution in [2.45, 2.75) is 30.7 Å². The van der Waals surface area contributed by atoms with Crippen LogP contribution in [0.25, 0.3) is 0 Å². The van der Waals surface area contributed by atoms with E-state index < -0.39 is 31.4 Å². The third-order valence-electron chi connectivity index (χ3n) is 3.45. The summed E-state index contributed by atoms with van der Waals surface area (Å²) in [5, 5.41) is 2.72. The van der Waals surface area contributed by atoms with E-state index in [1.54, 1.807) is 0 Å². The fourth-order valence-corrected chi connectivity index (χ4v) is 3.38. The molecule has 2 rings (SSSR count). The van der Waals surface area contributed by atoms with Gasteiger partial charge in [0.2, 0.25) is 0 Å². The third kappa shape index (κ3) is 3.47. The number of benzene rings is 1. The zero-order valence-electron chi connectivity index (χ0n) is 11.5. The van der Waals surface area contributed by atoms with E-state index in [1.807, 2.05) is 0 Å². The first kappa shape index (κ1) is 16.0. The lowest BCUT2D eigenvalue weighted by Crippen LogP contribution is -2.43. The Morgan fingerprint density at radius 2 is 2.05 bits per heavy atom. The minimum atomic E-state index is -4.23. The molecule has 1 N–H and O–H groups in total. The predicted octanol–water partition coefficient (Wildman–Crippen LogP) is 2.29. The van der Waals surface area contributed by atoms with Crippen LogP contribution in [0.3, 0.4) is 0 Å². The molecule has 0 bridgehead atoms. The number of halogens is 2. The number of carbonyl (C=O) groups is 1. The van der Waals surface area contributed by atoms with Crippen LogP contribution in [0.5, 0.6) is 5.75 Å². The molecule has 0 heterocycles. The maximum atomic E-state index is 13.9. The molecule has 1 aromatic rings. The zero-order valence-corrected chi connectivity index (χ0v) is 13.1. The largest absolute Gasteiger partial charge is 0.492 e. The number of carbonyl (C=O) groups excluding carboxylic acids is 1. The molecule has 8 heteroatoms. The molecule has 0 atom stereocenters. The van der Waals surface area contributed by atoms with Gasteiger partial charge in [-0.3, -0.25) is 4.79 Å². The Kier molecular flexibility index (Phi) is 4.43. The normalized spacial score (nSPS) is 21.5. The van der Waals surface area contributed by atoms with Crippen molar-refractivity contribution in [1.29, 1.82) is 0 Å². The molecular formula is C13H15ClFNO4S. The van der Waals surface area contributed by atoms with E-state index in [4.69, 9.17) is 15.4 Å². The molecule has 1 aliphatic rings. The Bertz CT molecular complexity index is 671. The highest BCUT2D eigenvalue weighted by molar-refractivity contribution is 8.13. The molecule has 0 radical (unpaired) electrons. The van der Waals surface area contributed by atoms with Crippen LogP contribution in [0.4, 0.5) is 4.39 Å². The first-order chi connectivity index (χ1) is 9.72. The molecule has 0 spiro atoms. The highest BCUT2D eigenvalue weighted by Gasteiger charge is 2.28. The molecule has 1 fully saturated rings. The van der Waals surface area contributed by atoms with Gasteiger partial charge in [0.15, 0.2) is 11.6 Å². The number of methoxy groups -OCH3 is 1. The summed E-state index contributed by atoms with van der Waals surface area (Å²) in [6.07, 6.45) is 1.70. The lowest BCUT2D eigenvalue weighted by atomic mass is 9.82. The first-order valence-corrected chi connectivity index (χ1v) is 8.66. The van der Waals surface area contributed by atoms with Crippen LogP contribution in [0, 0.1) is 11.7 Å². The molecule has 0 aromatic heterocycles. The van der Waals surface area contributed by atoms with E-state index in [0.717, 1.165) is 32.1 Å². The molecular weight excluding hydrogens is 321 g/mol. The second-order valence-corrected chi connectivity index (χ2v) is 7.71. The Labute approximate surface area is 126 Å². The van der Waals surface area contributed by atoms with Gasteiger partial charge in [0.05, 0.1) is 7.11 Å². The molecule has 0 unspecified atom stereocenters. The number of nitrogens with one attached hydrogen (secondary N) is 1. The number of hydrogen-bond acceptors (Lipinski definition) is 4. The quantitative estimate of drug-likeness (QED) is 0.857. The predicted molar refractivity (Wildman–Crippen MR) is 75.6 cm³/mol. The first-order valence-electron chi connectivity index (χ1n) is 6.35. The lowest BCUT2D eigenvalue weighted by molar-refractivity contribution is 0.0895. The van der Waals surface area contributed by atoms with E-state index in [1.165, 1.54) is 0 Å². The fourth-order valence-electron chi connectivity index (χ4n) is 2.37. The maximum absolute atomic E-state index is 13.9. The number of hydrogen-bond donors (Lipinski definition) is 1. The highest BCUT2D eigenvalue weighted by atomic mass is 35.7. The number of amides is 1. The standard InChI is InChI=1S/C13H15ClFNO4S/c1-7-3-9(4-7)16-13(17)8-5-10(15)12(20-2)11(6-8)21(14,18)19/h5-7,9H,3-4H2,1-2H3,(H,16,17). The average molecular weight is 336 g/mol. The van der Waals surface area contributed by atoms with E-state index in [0.29, 0.717) is 5.92 Å². The van der Waals surface area contributed by atoms with Crippen LogP contribution in [0.1, 0.15) is 30.1 Å². The molecule has 1 amide bonds. The average Bonchev–Trinajstić information content (AvgIpc) is 2.34. The van der Waals surface area contributed by atoms with Crippen molar-refractivity contribution < 1.29 is 22.3 Å². The molecule has 116 valence electrons. The second-order valence-electron chi connectivity index (χ2n) is 5.17. The maximum Gasteiger partial charge on any atom is 0.265 e.